The Balaban J connectivity index is 2.03. The van der Waals surface area contributed by atoms with E-state index < -0.39 is 0 Å². The number of nitrogens with zero attached hydrogens (tertiary/aromatic N) is 1. The first-order valence-electron chi connectivity index (χ1n) is 5.55. The van der Waals surface area contributed by atoms with Crippen LogP contribution < -0.4 is 5.32 Å². The van der Waals surface area contributed by atoms with E-state index >= 15 is 0 Å². The molecule has 4 heteroatoms. The number of benzene rings is 1. The summed E-state index contributed by atoms with van der Waals surface area (Å²) < 4.78 is 5.09. The van der Waals surface area contributed by atoms with Crippen LogP contribution in [-0.4, -0.2) is 24.7 Å². The first-order valence-corrected chi connectivity index (χ1v) is 6.43. The number of rotatable bonds is 5. The number of aromatic nitrogens is 1. The smallest absolute Gasteiger partial charge is 0.123 e. The van der Waals surface area contributed by atoms with Crippen molar-refractivity contribution in [3.63, 3.8) is 0 Å². The summed E-state index contributed by atoms with van der Waals surface area (Å²) in [4.78, 5) is 4.28. The molecule has 1 atom stereocenters. The molecule has 2 aromatic rings. The molecule has 0 aliphatic rings. The predicted molar refractivity (Wildman–Crippen MR) is 72.5 cm³/mol. The summed E-state index contributed by atoms with van der Waals surface area (Å²) in [5.74, 6) is 0. The molecule has 2 rings (SSSR count). The van der Waals surface area contributed by atoms with Crippen LogP contribution >= 0.6 is 11.3 Å². The Kier molecular flexibility index (Phi) is 4.12. The zero-order valence-corrected chi connectivity index (χ0v) is 10.8. The molecule has 1 unspecified atom stereocenters. The Labute approximate surface area is 105 Å². The predicted octanol–water partition coefficient (Wildman–Crippen LogP) is 3.26. The van der Waals surface area contributed by atoms with Crippen LogP contribution in [0.3, 0.4) is 0 Å². The van der Waals surface area contributed by atoms with E-state index in [4.69, 9.17) is 4.74 Å². The highest BCUT2D eigenvalue weighted by atomic mass is 32.1. The number of ether oxygens (including phenoxy) is 1. The Morgan fingerprint density at radius 1 is 1.35 bits per heavy atom. The third kappa shape index (κ3) is 3.28. The lowest BCUT2D eigenvalue weighted by Gasteiger charge is -2.14. The number of hydrogen-bond acceptors (Lipinski definition) is 4. The van der Waals surface area contributed by atoms with Gasteiger partial charge in [0.15, 0.2) is 0 Å². The lowest BCUT2D eigenvalue weighted by molar-refractivity contribution is 0.190. The fourth-order valence-corrected chi connectivity index (χ4v) is 2.30. The summed E-state index contributed by atoms with van der Waals surface area (Å²) in [7, 11) is 1.71. The van der Waals surface area contributed by atoms with Gasteiger partial charge in [-0.3, -0.25) is 0 Å². The molecule has 1 N–H and O–H groups in total. The summed E-state index contributed by atoms with van der Waals surface area (Å²) in [5.41, 5.74) is 2.26. The maximum atomic E-state index is 5.09. The quantitative estimate of drug-likeness (QED) is 0.882. The second kappa shape index (κ2) is 5.80. The fraction of sp³-hybridized carbons (Fsp3) is 0.308. The molecule has 1 aromatic carbocycles. The molecule has 0 spiro atoms. The van der Waals surface area contributed by atoms with Gasteiger partial charge in [-0.05, 0) is 31.2 Å². The van der Waals surface area contributed by atoms with E-state index in [1.54, 1.807) is 18.4 Å². The van der Waals surface area contributed by atoms with Crippen LogP contribution in [0.5, 0.6) is 0 Å². The second-order valence-corrected chi connectivity index (χ2v) is 4.81. The van der Waals surface area contributed by atoms with Gasteiger partial charge in [0.25, 0.3) is 0 Å². The van der Waals surface area contributed by atoms with Gasteiger partial charge in [0.2, 0.25) is 0 Å². The molecule has 0 aliphatic heterocycles. The highest BCUT2D eigenvalue weighted by molar-refractivity contribution is 7.13. The van der Waals surface area contributed by atoms with Crippen molar-refractivity contribution >= 4 is 17.0 Å². The largest absolute Gasteiger partial charge is 0.383 e. The number of thiazole rings is 1. The van der Waals surface area contributed by atoms with Gasteiger partial charge in [-0.1, -0.05) is 0 Å². The molecule has 3 nitrogen and oxygen atoms in total. The van der Waals surface area contributed by atoms with Crippen LogP contribution in [0, 0.1) is 0 Å². The summed E-state index contributed by atoms with van der Waals surface area (Å²) in [6, 6.07) is 8.62. The summed E-state index contributed by atoms with van der Waals surface area (Å²) in [6.45, 7) is 2.80. The van der Waals surface area contributed by atoms with Crippen LogP contribution in [0.25, 0.3) is 10.6 Å². The summed E-state index contributed by atoms with van der Waals surface area (Å²) in [6.07, 6.45) is 1.83. The van der Waals surface area contributed by atoms with E-state index in [0.717, 1.165) is 16.3 Å². The highest BCUT2D eigenvalue weighted by Gasteiger charge is 2.03. The molecule has 17 heavy (non-hydrogen) atoms. The van der Waals surface area contributed by atoms with Crippen LogP contribution in [0.15, 0.2) is 35.8 Å². The van der Waals surface area contributed by atoms with Crippen molar-refractivity contribution in [2.75, 3.05) is 19.0 Å². The van der Waals surface area contributed by atoms with Gasteiger partial charge in [-0.25, -0.2) is 4.98 Å². The molecule has 0 bridgehead atoms. The molecule has 0 saturated carbocycles. The molecular weight excluding hydrogens is 232 g/mol. The molecule has 90 valence electrons. The second-order valence-electron chi connectivity index (χ2n) is 3.92. The highest BCUT2D eigenvalue weighted by Crippen LogP contribution is 2.23. The normalized spacial score (nSPS) is 12.4. The van der Waals surface area contributed by atoms with Gasteiger partial charge in [0.1, 0.15) is 5.01 Å². The average Bonchev–Trinajstić information content (AvgIpc) is 2.84. The molecule has 0 radical (unpaired) electrons. The Morgan fingerprint density at radius 2 is 2.12 bits per heavy atom. The van der Waals surface area contributed by atoms with Gasteiger partial charge < -0.3 is 10.1 Å². The molecule has 1 heterocycles. The number of nitrogens with one attached hydrogen (secondary N) is 1. The minimum absolute atomic E-state index is 0.311. The van der Waals surface area contributed by atoms with Crippen LogP contribution in [0.1, 0.15) is 6.92 Å². The molecule has 0 aliphatic carbocycles. The van der Waals surface area contributed by atoms with Crippen LogP contribution in [0.4, 0.5) is 5.69 Å². The van der Waals surface area contributed by atoms with Crippen molar-refractivity contribution in [1.29, 1.82) is 0 Å². The Hall–Kier alpha value is -1.39. The molecule has 1 aromatic heterocycles. The maximum Gasteiger partial charge on any atom is 0.123 e. The van der Waals surface area contributed by atoms with E-state index in [1.807, 2.05) is 11.6 Å². The van der Waals surface area contributed by atoms with Gasteiger partial charge in [-0.15, -0.1) is 11.3 Å². The van der Waals surface area contributed by atoms with Gasteiger partial charge in [-0.2, -0.15) is 0 Å². The van der Waals surface area contributed by atoms with E-state index in [9.17, 15) is 0 Å². The van der Waals surface area contributed by atoms with Crippen molar-refractivity contribution in [2.24, 2.45) is 0 Å². The van der Waals surface area contributed by atoms with E-state index in [2.05, 4.69) is 41.5 Å². The third-order valence-electron chi connectivity index (χ3n) is 2.39. The molecule has 0 fully saturated rings. The zero-order valence-electron chi connectivity index (χ0n) is 10.0. The van der Waals surface area contributed by atoms with E-state index in [-0.39, 0.29) is 0 Å². The van der Waals surface area contributed by atoms with Crippen LogP contribution in [0.2, 0.25) is 0 Å². The fourth-order valence-electron chi connectivity index (χ4n) is 1.65. The summed E-state index contributed by atoms with van der Waals surface area (Å²) in [5, 5.41) is 6.42. The Morgan fingerprint density at radius 3 is 2.71 bits per heavy atom. The standard InChI is InChI=1S/C13H16N2OS/c1-10(9-16-2)15-12-5-3-11(4-6-12)13-14-7-8-17-13/h3-8,10,15H,9H2,1-2H3. The van der Waals surface area contributed by atoms with Gasteiger partial charge in [0.05, 0.1) is 6.61 Å². The Bertz CT molecular complexity index is 439. The lowest BCUT2D eigenvalue weighted by Crippen LogP contribution is -2.20. The maximum absolute atomic E-state index is 5.09. The number of methoxy groups -OCH3 is 1. The van der Waals surface area contributed by atoms with Crippen LogP contribution in [-0.2, 0) is 4.74 Å². The third-order valence-corrected chi connectivity index (χ3v) is 3.22. The number of anilines is 1. The minimum atomic E-state index is 0.311. The zero-order chi connectivity index (χ0) is 12.1. The van der Waals surface area contributed by atoms with Gasteiger partial charge in [0, 0.05) is 36.0 Å². The minimum Gasteiger partial charge on any atom is -0.383 e. The summed E-state index contributed by atoms with van der Waals surface area (Å²) >= 11 is 1.65. The van der Waals surface area contributed by atoms with E-state index in [1.165, 1.54) is 0 Å². The SMILES string of the molecule is COCC(C)Nc1ccc(-c2nccs2)cc1. The van der Waals surface area contributed by atoms with Crippen molar-refractivity contribution in [1.82, 2.24) is 4.98 Å². The van der Waals surface area contributed by atoms with Gasteiger partial charge >= 0.3 is 0 Å². The van der Waals surface area contributed by atoms with Crippen molar-refractivity contribution < 1.29 is 4.74 Å². The van der Waals surface area contributed by atoms with E-state index in [0.29, 0.717) is 12.6 Å². The molecule has 0 amide bonds. The molecule has 0 saturated heterocycles. The van der Waals surface area contributed by atoms with Crippen molar-refractivity contribution in [3.05, 3.63) is 35.8 Å². The first-order chi connectivity index (χ1) is 8.29. The molecular formula is C13H16N2OS. The number of hydrogen-bond donors (Lipinski definition) is 1. The topological polar surface area (TPSA) is 34.1 Å². The first kappa shape index (κ1) is 12.1. The lowest BCUT2D eigenvalue weighted by atomic mass is 10.2. The monoisotopic (exact) mass is 248 g/mol. The van der Waals surface area contributed by atoms with Crippen molar-refractivity contribution in [3.8, 4) is 10.6 Å². The van der Waals surface area contributed by atoms with Crippen molar-refractivity contribution in [2.45, 2.75) is 13.0 Å². The average molecular weight is 248 g/mol.